The molecule has 0 saturated heterocycles. The van der Waals surface area contributed by atoms with E-state index in [1.807, 2.05) is 36.4 Å². The molecule has 0 radical (unpaired) electrons. The molecule has 0 spiro atoms. The standard InChI is InChI=1S/C13H11N.S7/c1-2-11-6-8-12(9-7-11)13-5-3-4-10-14-13;1-3-5-7-6-4-2/h2-10H,1H2;. The monoisotopic (exact) mass is 405 g/mol. The zero-order valence-corrected chi connectivity index (χ0v) is 16.4. The molecule has 0 saturated carbocycles. The quantitative estimate of drug-likeness (QED) is 0.760. The minimum Gasteiger partial charge on any atom is -0.256 e. The van der Waals surface area contributed by atoms with Gasteiger partial charge >= 0.3 is 0 Å². The van der Waals surface area contributed by atoms with Crippen molar-refractivity contribution in [3.63, 3.8) is 0 Å². The molecule has 0 aliphatic carbocycles. The first-order valence-corrected chi connectivity index (χ1v) is 13.5. The lowest BCUT2D eigenvalue weighted by Gasteiger charge is -2.00. The number of hydrogen-bond donors (Lipinski definition) is 0. The number of nitrogens with zero attached hydrogens (tertiary/aromatic N) is 1. The van der Waals surface area contributed by atoms with Crippen LogP contribution < -0.4 is 0 Å². The van der Waals surface area contributed by atoms with E-state index in [1.165, 1.54) is 17.8 Å². The summed E-state index contributed by atoms with van der Waals surface area (Å²) in [5.74, 6) is 0. The Bertz CT molecular complexity index is 749. The molecule has 1 aromatic carbocycles. The van der Waals surface area contributed by atoms with Gasteiger partial charge in [0.2, 0.25) is 0 Å². The number of benzene rings is 1. The van der Waals surface area contributed by atoms with E-state index in [1.54, 1.807) is 32.8 Å². The van der Waals surface area contributed by atoms with Crippen molar-refractivity contribution in [2.45, 2.75) is 0 Å². The highest BCUT2D eigenvalue weighted by atomic mass is 33.4. The summed E-state index contributed by atoms with van der Waals surface area (Å²) in [6, 6.07) is 14.1. The molecule has 1 aromatic heterocycles. The van der Waals surface area contributed by atoms with E-state index in [-0.39, 0.29) is 0 Å². The van der Waals surface area contributed by atoms with Gasteiger partial charge in [0.1, 0.15) is 0 Å². The van der Waals surface area contributed by atoms with Gasteiger partial charge in [0.25, 0.3) is 0 Å². The van der Waals surface area contributed by atoms with Crippen molar-refractivity contribution < 1.29 is 0 Å². The Labute approximate surface area is 148 Å². The molecule has 0 bridgehead atoms. The van der Waals surface area contributed by atoms with Crippen LogP contribution in [-0.4, -0.2) is 4.98 Å². The molecule has 21 heavy (non-hydrogen) atoms. The van der Waals surface area contributed by atoms with Crippen molar-refractivity contribution in [1.29, 1.82) is 0 Å². The highest BCUT2D eigenvalue weighted by Gasteiger charge is 1.96. The van der Waals surface area contributed by atoms with E-state index in [0.29, 0.717) is 0 Å². The molecule has 1 nitrogen and oxygen atoms in total. The first kappa shape index (κ1) is 18.7. The van der Waals surface area contributed by atoms with Crippen LogP contribution in [0.2, 0.25) is 0 Å². The number of rotatable bonds is 2. The second-order valence-corrected chi connectivity index (χ2v) is 12.2. The summed E-state index contributed by atoms with van der Waals surface area (Å²) in [4.78, 5) is 4.28. The molecule has 0 aliphatic heterocycles. The summed E-state index contributed by atoms with van der Waals surface area (Å²) in [6.45, 7) is 3.72. The summed E-state index contributed by atoms with van der Waals surface area (Å²) in [7, 11) is 7.36. The first-order chi connectivity index (χ1) is 10.3. The smallest absolute Gasteiger partial charge is 0.0701 e. The highest BCUT2D eigenvalue weighted by molar-refractivity contribution is 8.68. The van der Waals surface area contributed by atoms with Crippen molar-refractivity contribution >= 4 is 72.9 Å². The van der Waals surface area contributed by atoms with Gasteiger partial charge in [-0.2, -0.15) is 0 Å². The fraction of sp³-hybridized carbons (Fsp3) is 0. The zero-order valence-electron chi connectivity index (χ0n) is 10.7. The van der Waals surface area contributed by atoms with Crippen molar-refractivity contribution in [2.24, 2.45) is 0 Å². The third-order valence-corrected chi connectivity index (χ3v) is 11.1. The minimum absolute atomic E-state index is 1.00. The molecule has 2 rings (SSSR count). The Morgan fingerprint density at radius 1 is 0.905 bits per heavy atom. The van der Waals surface area contributed by atoms with Crippen LogP contribution in [0.1, 0.15) is 5.56 Å². The zero-order chi connectivity index (χ0) is 15.3. The summed E-state index contributed by atoms with van der Waals surface area (Å²) in [5.41, 5.74) is 3.27. The molecule has 0 aliphatic rings. The molecule has 0 atom stereocenters. The van der Waals surface area contributed by atoms with Crippen LogP contribution in [0, 0.1) is 0 Å². The van der Waals surface area contributed by atoms with E-state index in [2.05, 4.69) is 46.1 Å². The van der Waals surface area contributed by atoms with Crippen molar-refractivity contribution in [3.05, 3.63) is 60.8 Å². The molecule has 8 heteroatoms. The van der Waals surface area contributed by atoms with Crippen LogP contribution in [-0.2, 0) is 66.8 Å². The Balaban J connectivity index is 0.000000270. The fourth-order valence-electron chi connectivity index (χ4n) is 1.36. The van der Waals surface area contributed by atoms with Gasteiger partial charge in [0.05, 0.1) is 5.69 Å². The van der Waals surface area contributed by atoms with Gasteiger partial charge in [-0.25, -0.2) is 0 Å². The fourth-order valence-corrected chi connectivity index (χ4v) is 9.59. The SMILES string of the molecule is C=Cc1ccc(-c2ccccn2)cc1.S=S=S=S=S=S=S. The van der Waals surface area contributed by atoms with E-state index >= 15 is 0 Å². The third-order valence-electron chi connectivity index (χ3n) is 2.22. The van der Waals surface area contributed by atoms with Gasteiger partial charge in [-0.05, 0) is 17.7 Å². The maximum Gasteiger partial charge on any atom is 0.0701 e. The van der Waals surface area contributed by atoms with Gasteiger partial charge in [-0.1, -0.05) is 43.0 Å². The lowest BCUT2D eigenvalue weighted by Crippen LogP contribution is -1.81. The molecule has 0 fully saturated rings. The Kier molecular flexibility index (Phi) is 10.9. The molecule has 0 N–H and O–H groups in total. The Morgan fingerprint density at radius 3 is 2.05 bits per heavy atom. The molecular weight excluding hydrogens is 395 g/mol. The van der Waals surface area contributed by atoms with Crippen LogP contribution in [0.3, 0.4) is 0 Å². The Hall–Kier alpha value is -0.350. The van der Waals surface area contributed by atoms with Crippen LogP contribution in [0.5, 0.6) is 0 Å². The summed E-state index contributed by atoms with van der Waals surface area (Å²) in [5, 5.41) is 0. The maximum absolute atomic E-state index is 4.57. The summed E-state index contributed by atoms with van der Waals surface area (Å²) >= 11 is 9.14. The molecular formula is C13H11NS7. The topological polar surface area (TPSA) is 12.9 Å². The first-order valence-electron chi connectivity index (χ1n) is 5.54. The average molecular weight is 406 g/mol. The minimum atomic E-state index is 1.00. The Morgan fingerprint density at radius 2 is 1.57 bits per heavy atom. The van der Waals surface area contributed by atoms with Crippen molar-refractivity contribution in [1.82, 2.24) is 4.98 Å². The predicted molar refractivity (Wildman–Crippen MR) is 111 cm³/mol. The summed E-state index contributed by atoms with van der Waals surface area (Å²) < 4.78 is 0. The van der Waals surface area contributed by atoms with Crippen LogP contribution in [0.4, 0.5) is 0 Å². The van der Waals surface area contributed by atoms with Gasteiger partial charge in [0.15, 0.2) is 0 Å². The van der Waals surface area contributed by atoms with E-state index in [4.69, 9.17) is 0 Å². The predicted octanol–water partition coefficient (Wildman–Crippen LogP) is 3.37. The van der Waals surface area contributed by atoms with E-state index in [0.717, 1.165) is 16.8 Å². The number of pyridine rings is 1. The van der Waals surface area contributed by atoms with Gasteiger partial charge in [-0.3, -0.25) is 4.98 Å². The van der Waals surface area contributed by atoms with Crippen molar-refractivity contribution in [3.8, 4) is 11.3 Å². The second-order valence-electron chi connectivity index (χ2n) is 3.38. The molecule has 110 valence electrons. The van der Waals surface area contributed by atoms with E-state index in [9.17, 15) is 0 Å². The highest BCUT2D eigenvalue weighted by Crippen LogP contribution is 2.16. The lowest BCUT2D eigenvalue weighted by atomic mass is 10.1. The second kappa shape index (κ2) is 12.2. The van der Waals surface area contributed by atoms with Crippen LogP contribution in [0.25, 0.3) is 17.3 Å². The third kappa shape index (κ3) is 8.01. The van der Waals surface area contributed by atoms with Crippen LogP contribution in [0.15, 0.2) is 55.2 Å². The largest absolute Gasteiger partial charge is 0.256 e. The van der Waals surface area contributed by atoms with Crippen LogP contribution >= 0.6 is 0 Å². The van der Waals surface area contributed by atoms with Crippen molar-refractivity contribution in [2.75, 3.05) is 0 Å². The van der Waals surface area contributed by atoms with Gasteiger partial charge < -0.3 is 0 Å². The van der Waals surface area contributed by atoms with Gasteiger partial charge in [-0.15, -0.1) is 0 Å². The molecule has 0 amide bonds. The normalized spacial score (nSPS) is 8.57. The molecule has 0 unspecified atom stereocenters. The molecule has 2 aromatic rings. The molecule has 1 heterocycles. The lowest BCUT2D eigenvalue weighted by molar-refractivity contribution is 1.33. The van der Waals surface area contributed by atoms with E-state index < -0.39 is 0 Å². The average Bonchev–Trinajstić information content (AvgIpc) is 2.57. The maximum atomic E-state index is 4.57. The van der Waals surface area contributed by atoms with Gasteiger partial charge in [0, 0.05) is 78.5 Å². The summed E-state index contributed by atoms with van der Waals surface area (Å²) in [6.07, 6.45) is 3.64. The number of aromatic nitrogens is 1. The number of hydrogen-bond acceptors (Lipinski definition) is 3.